The van der Waals surface area contributed by atoms with Crippen molar-refractivity contribution in [3.8, 4) is 11.5 Å². The van der Waals surface area contributed by atoms with Crippen LogP contribution in [-0.2, 0) is 0 Å². The van der Waals surface area contributed by atoms with Crippen LogP contribution in [0.25, 0.3) is 0 Å². The minimum absolute atomic E-state index is 0.398. The van der Waals surface area contributed by atoms with Crippen LogP contribution >= 0.6 is 11.6 Å². The molecule has 3 nitrogen and oxygen atoms in total. The Hall–Kier alpha value is -1.58. The first kappa shape index (κ1) is 14.4. The largest absolute Gasteiger partial charge is 0.456 e. The van der Waals surface area contributed by atoms with Crippen LogP contribution in [0.3, 0.4) is 0 Å². The monoisotopic (exact) mass is 302 g/mol. The Morgan fingerprint density at radius 2 is 1.90 bits per heavy atom. The zero-order valence-electron chi connectivity index (χ0n) is 12.3. The number of hydrogen-bond donors (Lipinski definition) is 1. The van der Waals surface area contributed by atoms with Gasteiger partial charge in [-0.2, -0.15) is 0 Å². The Kier molecular flexibility index (Phi) is 4.13. The van der Waals surface area contributed by atoms with Gasteiger partial charge in [-0.25, -0.2) is 0 Å². The first-order valence-electron chi connectivity index (χ1n) is 7.26. The van der Waals surface area contributed by atoms with Crippen LogP contribution in [0.5, 0.6) is 11.5 Å². The minimum atomic E-state index is 0.398. The van der Waals surface area contributed by atoms with Crippen LogP contribution < -0.4 is 10.1 Å². The molecule has 1 N–H and O–H groups in total. The molecule has 0 saturated carbocycles. The summed E-state index contributed by atoms with van der Waals surface area (Å²) in [7, 11) is 0. The molecule has 4 heteroatoms. The van der Waals surface area contributed by atoms with Crippen molar-refractivity contribution >= 4 is 11.6 Å². The van der Waals surface area contributed by atoms with Gasteiger partial charge in [-0.3, -0.25) is 4.98 Å². The third-order valence-electron chi connectivity index (χ3n) is 3.84. The molecule has 1 unspecified atom stereocenters. The van der Waals surface area contributed by atoms with E-state index in [0.717, 1.165) is 40.6 Å². The maximum atomic E-state index is 6.19. The smallest absolute Gasteiger partial charge is 0.146 e. The van der Waals surface area contributed by atoms with Crippen LogP contribution in [0.4, 0.5) is 0 Å². The molecular formula is C17H19ClN2O. The Morgan fingerprint density at radius 1 is 1.14 bits per heavy atom. The molecule has 110 valence electrons. The second-order valence-electron chi connectivity index (χ2n) is 5.58. The van der Waals surface area contributed by atoms with E-state index in [1.165, 1.54) is 12.0 Å². The summed E-state index contributed by atoms with van der Waals surface area (Å²) in [6.45, 7) is 5.05. The van der Waals surface area contributed by atoms with Gasteiger partial charge in [-0.1, -0.05) is 11.6 Å². The average Bonchev–Trinajstić information content (AvgIpc) is 2.99. The van der Waals surface area contributed by atoms with Crippen molar-refractivity contribution in [2.24, 2.45) is 0 Å². The van der Waals surface area contributed by atoms with Gasteiger partial charge in [0.2, 0.25) is 0 Å². The Labute approximate surface area is 130 Å². The van der Waals surface area contributed by atoms with Gasteiger partial charge in [-0.05, 0) is 68.1 Å². The van der Waals surface area contributed by atoms with E-state index in [1.807, 2.05) is 32.2 Å². The summed E-state index contributed by atoms with van der Waals surface area (Å²) in [5.41, 5.74) is 3.23. The summed E-state index contributed by atoms with van der Waals surface area (Å²) in [6, 6.07) is 6.37. The maximum absolute atomic E-state index is 6.19. The highest BCUT2D eigenvalue weighted by molar-refractivity contribution is 6.32. The van der Waals surface area contributed by atoms with E-state index < -0.39 is 0 Å². The van der Waals surface area contributed by atoms with Crippen molar-refractivity contribution < 1.29 is 4.74 Å². The molecule has 1 aliphatic rings. The van der Waals surface area contributed by atoms with Crippen LogP contribution in [0.2, 0.25) is 5.02 Å². The quantitative estimate of drug-likeness (QED) is 0.902. The Bertz CT molecular complexity index is 628. The highest BCUT2D eigenvalue weighted by Gasteiger charge is 2.17. The summed E-state index contributed by atoms with van der Waals surface area (Å²) in [6.07, 6.45) is 6.03. The maximum Gasteiger partial charge on any atom is 0.146 e. The molecule has 1 aliphatic heterocycles. The number of halogens is 1. The molecule has 1 atom stereocenters. The van der Waals surface area contributed by atoms with Gasteiger partial charge < -0.3 is 10.1 Å². The highest BCUT2D eigenvalue weighted by Crippen LogP contribution is 2.30. The van der Waals surface area contributed by atoms with E-state index in [9.17, 15) is 0 Å². The number of hydrogen-bond acceptors (Lipinski definition) is 3. The minimum Gasteiger partial charge on any atom is -0.456 e. The lowest BCUT2D eigenvalue weighted by atomic mass is 10.1. The molecule has 2 heterocycles. The Morgan fingerprint density at radius 3 is 2.57 bits per heavy atom. The van der Waals surface area contributed by atoms with Crippen molar-refractivity contribution in [1.82, 2.24) is 10.3 Å². The van der Waals surface area contributed by atoms with Gasteiger partial charge in [0.25, 0.3) is 0 Å². The summed E-state index contributed by atoms with van der Waals surface area (Å²) in [5.74, 6) is 1.56. The molecule has 1 aromatic heterocycles. The predicted molar refractivity (Wildman–Crippen MR) is 85.2 cm³/mol. The van der Waals surface area contributed by atoms with Crippen molar-refractivity contribution in [1.29, 1.82) is 0 Å². The van der Waals surface area contributed by atoms with Crippen molar-refractivity contribution in [3.05, 3.63) is 52.3 Å². The van der Waals surface area contributed by atoms with E-state index in [1.54, 1.807) is 6.20 Å². The van der Waals surface area contributed by atoms with E-state index >= 15 is 0 Å². The van der Waals surface area contributed by atoms with Gasteiger partial charge in [0, 0.05) is 17.3 Å². The zero-order chi connectivity index (χ0) is 14.8. The van der Waals surface area contributed by atoms with Crippen molar-refractivity contribution in [3.63, 3.8) is 0 Å². The van der Waals surface area contributed by atoms with Gasteiger partial charge in [-0.15, -0.1) is 0 Å². The number of aryl methyl sites for hydroxylation is 2. The van der Waals surface area contributed by atoms with Crippen molar-refractivity contribution in [2.45, 2.75) is 32.7 Å². The highest BCUT2D eigenvalue weighted by atomic mass is 35.5. The molecule has 0 bridgehead atoms. The van der Waals surface area contributed by atoms with Gasteiger partial charge in [0.15, 0.2) is 0 Å². The molecule has 2 aromatic rings. The van der Waals surface area contributed by atoms with E-state index in [0.29, 0.717) is 6.04 Å². The molecule has 0 radical (unpaired) electrons. The standard InChI is InChI=1S/C17H19ClN2O/c1-11-6-14(7-12(2)17(11)18)21-15-8-13(9-19-10-15)16-4-3-5-20-16/h6-10,16,20H,3-5H2,1-2H3. The number of nitrogens with zero attached hydrogens (tertiary/aromatic N) is 1. The molecule has 1 aromatic carbocycles. The third-order valence-corrected chi connectivity index (χ3v) is 4.44. The average molecular weight is 303 g/mol. The zero-order valence-corrected chi connectivity index (χ0v) is 13.1. The number of nitrogens with one attached hydrogen (secondary N) is 1. The SMILES string of the molecule is Cc1cc(Oc2cncc(C3CCCN3)c2)cc(C)c1Cl. The topological polar surface area (TPSA) is 34.1 Å². The van der Waals surface area contributed by atoms with Crippen LogP contribution in [0, 0.1) is 13.8 Å². The molecule has 0 spiro atoms. The molecule has 1 saturated heterocycles. The molecule has 0 amide bonds. The summed E-state index contributed by atoms with van der Waals surface area (Å²) in [4.78, 5) is 4.30. The van der Waals surface area contributed by atoms with Crippen LogP contribution in [0.15, 0.2) is 30.6 Å². The lowest BCUT2D eigenvalue weighted by molar-refractivity contribution is 0.477. The molecular weight excluding hydrogens is 284 g/mol. The second-order valence-corrected chi connectivity index (χ2v) is 5.95. The van der Waals surface area contributed by atoms with Crippen molar-refractivity contribution in [2.75, 3.05) is 6.54 Å². The second kappa shape index (κ2) is 6.04. The van der Waals surface area contributed by atoms with Crippen LogP contribution in [0.1, 0.15) is 35.6 Å². The van der Waals surface area contributed by atoms with Gasteiger partial charge >= 0.3 is 0 Å². The van der Waals surface area contributed by atoms with Crippen LogP contribution in [-0.4, -0.2) is 11.5 Å². The fourth-order valence-corrected chi connectivity index (χ4v) is 2.86. The lowest BCUT2D eigenvalue weighted by Gasteiger charge is -2.13. The summed E-state index contributed by atoms with van der Waals surface area (Å²) < 4.78 is 5.95. The normalized spacial score (nSPS) is 18.0. The third kappa shape index (κ3) is 3.20. The Balaban J connectivity index is 1.83. The van der Waals surface area contributed by atoms with Gasteiger partial charge in [0.1, 0.15) is 11.5 Å². The summed E-state index contributed by atoms with van der Waals surface area (Å²) >= 11 is 6.19. The summed E-state index contributed by atoms with van der Waals surface area (Å²) in [5, 5.41) is 4.27. The van der Waals surface area contributed by atoms with E-state index in [2.05, 4.69) is 16.4 Å². The molecule has 21 heavy (non-hydrogen) atoms. The van der Waals surface area contributed by atoms with E-state index in [4.69, 9.17) is 16.3 Å². The van der Waals surface area contributed by atoms with E-state index in [-0.39, 0.29) is 0 Å². The molecule has 3 rings (SSSR count). The molecule has 1 fully saturated rings. The first-order chi connectivity index (χ1) is 10.1. The predicted octanol–water partition coefficient (Wildman–Crippen LogP) is 4.57. The van der Waals surface area contributed by atoms with Gasteiger partial charge in [0.05, 0.1) is 6.20 Å². The number of ether oxygens (including phenoxy) is 1. The first-order valence-corrected chi connectivity index (χ1v) is 7.64. The number of rotatable bonds is 3. The number of pyridine rings is 1. The fourth-order valence-electron chi connectivity index (χ4n) is 2.75. The number of aromatic nitrogens is 1. The molecule has 0 aliphatic carbocycles. The number of benzene rings is 1. The fraction of sp³-hybridized carbons (Fsp3) is 0.353. The lowest BCUT2D eigenvalue weighted by Crippen LogP contribution is -2.12.